The predicted molar refractivity (Wildman–Crippen MR) is 66.1 cm³/mol. The van der Waals surface area contributed by atoms with Crippen molar-refractivity contribution in [3.8, 4) is 5.75 Å². The lowest BCUT2D eigenvalue weighted by Gasteiger charge is -2.07. The van der Waals surface area contributed by atoms with Gasteiger partial charge in [-0.15, -0.1) is 0 Å². The quantitative estimate of drug-likeness (QED) is 0.592. The summed E-state index contributed by atoms with van der Waals surface area (Å²) in [5.41, 5.74) is -1.18. The largest absolute Gasteiger partial charge is 0.484 e. The van der Waals surface area contributed by atoms with Gasteiger partial charge in [0, 0.05) is 12.1 Å². The Morgan fingerprint density at radius 1 is 1.38 bits per heavy atom. The molecular weight excluding hydrogens is 288 g/mol. The maximum atomic E-state index is 11.2. The Hall–Kier alpha value is -3.17. The average Bonchev–Trinajstić information content (AvgIpc) is 2.44. The highest BCUT2D eigenvalue weighted by atomic mass is 16.6. The third-order valence-electron chi connectivity index (χ3n) is 2.19. The molecule has 0 aromatic heterocycles. The van der Waals surface area contributed by atoms with Crippen molar-refractivity contribution in [3.05, 3.63) is 33.9 Å². The molecule has 0 spiro atoms. The van der Waals surface area contributed by atoms with Crippen molar-refractivity contribution in [3.63, 3.8) is 0 Å². The van der Waals surface area contributed by atoms with Crippen LogP contribution in [0.15, 0.2) is 18.2 Å². The molecule has 0 saturated heterocycles. The molecule has 10 heteroatoms. The standard InChI is InChI=1S/C11H10N2O8/c1-20-11(17)12-9(14)5-21-6-2-3-8(13(18)19)7(4-6)10(15)16/h2-4H,5H2,1H3,(H,15,16)(H,12,14,17). The van der Waals surface area contributed by atoms with Gasteiger partial charge < -0.3 is 14.6 Å². The maximum Gasteiger partial charge on any atom is 0.413 e. The van der Waals surface area contributed by atoms with Crippen LogP contribution in [0.25, 0.3) is 0 Å². The molecule has 0 fully saturated rings. The fraction of sp³-hybridized carbons (Fsp3) is 0.182. The van der Waals surface area contributed by atoms with Gasteiger partial charge in [-0.25, -0.2) is 9.59 Å². The van der Waals surface area contributed by atoms with E-state index in [1.54, 1.807) is 0 Å². The molecule has 0 unspecified atom stereocenters. The summed E-state index contributed by atoms with van der Waals surface area (Å²) in [4.78, 5) is 42.6. The molecule has 0 aliphatic heterocycles. The van der Waals surface area contributed by atoms with E-state index in [0.29, 0.717) is 0 Å². The first kappa shape index (κ1) is 15.9. The van der Waals surface area contributed by atoms with E-state index in [0.717, 1.165) is 25.3 Å². The predicted octanol–water partition coefficient (Wildman–Crippen LogP) is 0.554. The summed E-state index contributed by atoms with van der Waals surface area (Å²) < 4.78 is 9.12. The summed E-state index contributed by atoms with van der Waals surface area (Å²) in [7, 11) is 1.07. The van der Waals surface area contributed by atoms with Gasteiger partial charge >= 0.3 is 12.1 Å². The number of hydrogen-bond acceptors (Lipinski definition) is 7. The van der Waals surface area contributed by atoms with Gasteiger partial charge in [-0.05, 0) is 6.07 Å². The molecule has 0 aliphatic rings. The van der Waals surface area contributed by atoms with E-state index in [9.17, 15) is 24.5 Å². The molecule has 2 amide bonds. The van der Waals surface area contributed by atoms with Crippen LogP contribution in [0, 0.1) is 10.1 Å². The van der Waals surface area contributed by atoms with Gasteiger partial charge in [-0.2, -0.15) is 0 Å². The molecule has 21 heavy (non-hydrogen) atoms. The average molecular weight is 298 g/mol. The number of carboxylic acid groups (broad SMARTS) is 1. The molecule has 1 rings (SSSR count). The number of ether oxygens (including phenoxy) is 2. The van der Waals surface area contributed by atoms with Crippen LogP contribution in [-0.4, -0.2) is 41.7 Å². The van der Waals surface area contributed by atoms with Crippen molar-refractivity contribution >= 4 is 23.7 Å². The molecule has 2 N–H and O–H groups in total. The van der Waals surface area contributed by atoms with Crippen molar-refractivity contribution in [2.75, 3.05) is 13.7 Å². The number of carboxylic acids is 1. The van der Waals surface area contributed by atoms with Crippen LogP contribution in [0.4, 0.5) is 10.5 Å². The van der Waals surface area contributed by atoms with E-state index >= 15 is 0 Å². The highest BCUT2D eigenvalue weighted by molar-refractivity contribution is 5.93. The highest BCUT2D eigenvalue weighted by Gasteiger charge is 2.20. The fourth-order valence-electron chi connectivity index (χ4n) is 1.29. The second kappa shape index (κ2) is 6.84. The number of nitrogens with one attached hydrogen (secondary N) is 1. The first-order valence-corrected chi connectivity index (χ1v) is 5.37. The second-order valence-corrected chi connectivity index (χ2v) is 3.57. The second-order valence-electron chi connectivity index (χ2n) is 3.57. The Kier molecular flexibility index (Phi) is 5.17. The summed E-state index contributed by atoms with van der Waals surface area (Å²) >= 11 is 0. The molecule has 0 saturated carbocycles. The van der Waals surface area contributed by atoms with Crippen LogP contribution >= 0.6 is 0 Å². The number of nitrogens with zero attached hydrogens (tertiary/aromatic N) is 1. The molecule has 1 aromatic rings. The van der Waals surface area contributed by atoms with Gasteiger partial charge in [0.1, 0.15) is 11.3 Å². The Balaban J connectivity index is 2.79. The van der Waals surface area contributed by atoms with Crippen LogP contribution in [-0.2, 0) is 9.53 Å². The van der Waals surface area contributed by atoms with Gasteiger partial charge in [0.05, 0.1) is 12.0 Å². The van der Waals surface area contributed by atoms with Gasteiger partial charge in [0.2, 0.25) is 0 Å². The van der Waals surface area contributed by atoms with Crippen LogP contribution in [0.2, 0.25) is 0 Å². The van der Waals surface area contributed by atoms with Crippen molar-refractivity contribution in [1.29, 1.82) is 0 Å². The molecule has 1 aromatic carbocycles. The number of carbonyl (C=O) groups excluding carboxylic acids is 2. The smallest absolute Gasteiger partial charge is 0.413 e. The fourth-order valence-corrected chi connectivity index (χ4v) is 1.29. The zero-order valence-electron chi connectivity index (χ0n) is 10.7. The van der Waals surface area contributed by atoms with Crippen LogP contribution < -0.4 is 10.1 Å². The summed E-state index contributed by atoms with van der Waals surface area (Å²) in [5, 5.41) is 21.3. The number of alkyl carbamates (subject to hydrolysis) is 1. The van der Waals surface area contributed by atoms with E-state index in [-0.39, 0.29) is 5.75 Å². The molecule has 0 bridgehead atoms. The summed E-state index contributed by atoms with van der Waals surface area (Å²) in [6.07, 6.45) is -0.974. The van der Waals surface area contributed by atoms with E-state index in [4.69, 9.17) is 9.84 Å². The van der Waals surface area contributed by atoms with E-state index in [2.05, 4.69) is 4.74 Å². The lowest BCUT2D eigenvalue weighted by atomic mass is 10.1. The number of benzene rings is 1. The Bertz CT molecular complexity index is 598. The van der Waals surface area contributed by atoms with E-state index in [1.165, 1.54) is 0 Å². The number of carbonyl (C=O) groups is 3. The molecular formula is C11H10N2O8. The Labute approximate surface area is 117 Å². The summed E-state index contributed by atoms with van der Waals surface area (Å²) in [6, 6.07) is 2.99. The van der Waals surface area contributed by atoms with Crippen molar-refractivity contribution < 1.29 is 33.9 Å². The monoisotopic (exact) mass is 298 g/mol. The van der Waals surface area contributed by atoms with Gasteiger partial charge in [0.25, 0.3) is 11.6 Å². The SMILES string of the molecule is COC(=O)NC(=O)COc1ccc([N+](=O)[O-])c(C(=O)O)c1. The van der Waals surface area contributed by atoms with Crippen LogP contribution in [0.3, 0.4) is 0 Å². The van der Waals surface area contributed by atoms with Crippen molar-refractivity contribution in [2.45, 2.75) is 0 Å². The van der Waals surface area contributed by atoms with E-state index < -0.39 is 40.8 Å². The Morgan fingerprint density at radius 2 is 2.05 bits per heavy atom. The van der Waals surface area contributed by atoms with Crippen molar-refractivity contribution in [2.24, 2.45) is 0 Å². The van der Waals surface area contributed by atoms with Gasteiger partial charge in [0.15, 0.2) is 6.61 Å². The molecule has 0 heterocycles. The zero-order chi connectivity index (χ0) is 16.0. The number of nitro benzene ring substituents is 1. The maximum absolute atomic E-state index is 11.2. The third kappa shape index (κ3) is 4.45. The molecule has 112 valence electrons. The first-order valence-electron chi connectivity index (χ1n) is 5.37. The number of hydrogen-bond donors (Lipinski definition) is 2. The molecule has 0 aliphatic carbocycles. The van der Waals surface area contributed by atoms with Gasteiger partial charge in [-0.3, -0.25) is 20.2 Å². The lowest BCUT2D eigenvalue weighted by molar-refractivity contribution is -0.385. The number of methoxy groups -OCH3 is 1. The number of rotatable bonds is 5. The van der Waals surface area contributed by atoms with Crippen LogP contribution in [0.1, 0.15) is 10.4 Å². The minimum atomic E-state index is -1.51. The summed E-state index contributed by atoms with van der Waals surface area (Å²) in [6.45, 7) is -0.591. The van der Waals surface area contributed by atoms with Crippen LogP contribution in [0.5, 0.6) is 5.75 Å². The number of amides is 2. The normalized spacial score (nSPS) is 9.57. The minimum absolute atomic E-state index is 0.0713. The molecule has 0 atom stereocenters. The van der Waals surface area contributed by atoms with E-state index in [1.807, 2.05) is 5.32 Å². The Morgan fingerprint density at radius 3 is 2.57 bits per heavy atom. The topological polar surface area (TPSA) is 145 Å². The number of aromatic carboxylic acids is 1. The number of nitro groups is 1. The molecule has 0 radical (unpaired) electrons. The molecule has 10 nitrogen and oxygen atoms in total. The zero-order valence-corrected chi connectivity index (χ0v) is 10.7. The third-order valence-corrected chi connectivity index (χ3v) is 2.19. The number of imide groups is 1. The first-order chi connectivity index (χ1) is 9.85. The van der Waals surface area contributed by atoms with Crippen molar-refractivity contribution in [1.82, 2.24) is 5.32 Å². The minimum Gasteiger partial charge on any atom is -0.484 e. The van der Waals surface area contributed by atoms with Gasteiger partial charge in [-0.1, -0.05) is 0 Å². The summed E-state index contributed by atoms with van der Waals surface area (Å²) in [5.74, 6) is -2.40. The highest BCUT2D eigenvalue weighted by Crippen LogP contribution is 2.24. The lowest BCUT2D eigenvalue weighted by Crippen LogP contribution is -2.34.